The highest BCUT2D eigenvalue weighted by molar-refractivity contribution is 6.32. The molecule has 1 aromatic carbocycles. The SMILES string of the molecule is CCCN1CCC(Nc2ccc3c(c2O)C(=O)C2C(=O)[C@@]4(O)C(=O)C(C(N)=O)C(=O)[C@H](N(C)C)[C@H]4C[C@H]2C3)CC1. The molecule has 11 heteroatoms. The second-order valence-electron chi connectivity index (χ2n) is 12.0. The zero-order valence-corrected chi connectivity index (χ0v) is 23.2. The lowest BCUT2D eigenvalue weighted by atomic mass is 9.52. The molecular weight excluding hydrogens is 516 g/mol. The van der Waals surface area contributed by atoms with Crippen molar-refractivity contribution >= 4 is 34.7 Å². The van der Waals surface area contributed by atoms with Gasteiger partial charge in [-0.15, -0.1) is 0 Å². The van der Waals surface area contributed by atoms with Crippen molar-refractivity contribution in [1.29, 1.82) is 0 Å². The number of phenols is 1. The molecule has 2 saturated carbocycles. The largest absolute Gasteiger partial charge is 0.505 e. The van der Waals surface area contributed by atoms with Gasteiger partial charge in [0.15, 0.2) is 34.7 Å². The molecule has 1 saturated heterocycles. The third-order valence-electron chi connectivity index (χ3n) is 9.42. The Morgan fingerprint density at radius 3 is 2.42 bits per heavy atom. The van der Waals surface area contributed by atoms with E-state index in [9.17, 15) is 34.2 Å². The second-order valence-corrected chi connectivity index (χ2v) is 12.0. The van der Waals surface area contributed by atoms with Crippen LogP contribution in [-0.4, -0.2) is 100 Å². The van der Waals surface area contributed by atoms with Crippen molar-refractivity contribution in [3.05, 3.63) is 23.3 Å². The molecule has 4 aliphatic rings. The molecule has 1 aliphatic heterocycles. The highest BCUT2D eigenvalue weighted by atomic mass is 16.3. The fourth-order valence-corrected chi connectivity index (χ4v) is 7.53. The summed E-state index contributed by atoms with van der Waals surface area (Å²) in [6.07, 6.45) is 3.16. The second kappa shape index (κ2) is 10.4. The fraction of sp³-hybridized carbons (Fsp3) is 0.621. The molecule has 5 N–H and O–H groups in total. The van der Waals surface area contributed by atoms with E-state index < -0.39 is 64.4 Å². The number of hydrogen-bond acceptors (Lipinski definition) is 10. The molecule has 0 radical (unpaired) electrons. The summed E-state index contributed by atoms with van der Waals surface area (Å²) < 4.78 is 0. The maximum Gasteiger partial charge on any atom is 0.235 e. The van der Waals surface area contributed by atoms with E-state index in [2.05, 4.69) is 17.1 Å². The molecule has 1 amide bonds. The van der Waals surface area contributed by atoms with Gasteiger partial charge in [0.1, 0.15) is 5.75 Å². The molecule has 6 atom stereocenters. The zero-order valence-electron chi connectivity index (χ0n) is 23.2. The van der Waals surface area contributed by atoms with Gasteiger partial charge in [-0.3, -0.25) is 28.9 Å². The van der Waals surface area contributed by atoms with Gasteiger partial charge in [-0.1, -0.05) is 13.0 Å². The van der Waals surface area contributed by atoms with E-state index in [1.165, 1.54) is 4.90 Å². The van der Waals surface area contributed by atoms with Crippen molar-refractivity contribution in [2.24, 2.45) is 29.4 Å². The first-order valence-corrected chi connectivity index (χ1v) is 14.1. The Kier molecular flexibility index (Phi) is 7.35. The minimum Gasteiger partial charge on any atom is -0.505 e. The van der Waals surface area contributed by atoms with Crippen molar-refractivity contribution in [2.75, 3.05) is 39.0 Å². The number of piperidine rings is 1. The monoisotopic (exact) mass is 554 g/mol. The van der Waals surface area contributed by atoms with Crippen LogP contribution in [0.25, 0.3) is 0 Å². The van der Waals surface area contributed by atoms with Crippen LogP contribution in [-0.2, 0) is 25.6 Å². The van der Waals surface area contributed by atoms with Gasteiger partial charge in [-0.25, -0.2) is 0 Å². The van der Waals surface area contributed by atoms with E-state index >= 15 is 0 Å². The van der Waals surface area contributed by atoms with Gasteiger partial charge in [0.25, 0.3) is 0 Å². The van der Waals surface area contributed by atoms with Crippen LogP contribution < -0.4 is 11.1 Å². The van der Waals surface area contributed by atoms with Crippen molar-refractivity contribution in [2.45, 2.75) is 56.7 Å². The van der Waals surface area contributed by atoms with Gasteiger partial charge in [-0.05, 0) is 70.3 Å². The first-order chi connectivity index (χ1) is 18.9. The van der Waals surface area contributed by atoms with Gasteiger partial charge < -0.3 is 26.2 Å². The summed E-state index contributed by atoms with van der Waals surface area (Å²) >= 11 is 0. The summed E-state index contributed by atoms with van der Waals surface area (Å²) in [5.74, 6) is -10.3. The number of carbonyl (C=O) groups excluding carboxylic acids is 5. The Bertz CT molecular complexity index is 1270. The summed E-state index contributed by atoms with van der Waals surface area (Å²) in [5, 5.41) is 26.2. The maximum atomic E-state index is 13.9. The highest BCUT2D eigenvalue weighted by Gasteiger charge is 2.69. The Morgan fingerprint density at radius 1 is 1.15 bits per heavy atom. The molecule has 5 rings (SSSR count). The number of hydrogen-bond donors (Lipinski definition) is 4. The number of nitrogens with zero attached hydrogens (tertiary/aromatic N) is 2. The number of fused-ring (bicyclic) bond motifs is 3. The standard InChI is InChI=1S/C29H38N4O7/c1-4-9-33-10-7-16(8-11-33)31-18-6-5-14-12-15-13-17-22(32(2)3)25(36)21(28(30)39)27(38)29(17,40)26(37)20(15)24(35)19(14)23(18)34/h5-6,15-17,20-22,31,34,40H,4,7-13H2,1-3H3,(H2,30,39)/t15-,17-,20?,21?,22-,29-/m1/s1. The van der Waals surface area contributed by atoms with E-state index in [-0.39, 0.29) is 30.2 Å². The third-order valence-corrected chi connectivity index (χ3v) is 9.42. The van der Waals surface area contributed by atoms with Crippen LogP contribution in [0.4, 0.5) is 5.69 Å². The van der Waals surface area contributed by atoms with Crippen LogP contribution in [0, 0.1) is 23.7 Å². The Balaban J connectivity index is 1.46. The first-order valence-electron chi connectivity index (χ1n) is 14.1. The number of Topliss-reactive ketones (excluding diaryl/α,β-unsaturated/α-hetero) is 4. The molecule has 0 bridgehead atoms. The minimum atomic E-state index is -2.71. The molecule has 40 heavy (non-hydrogen) atoms. The lowest BCUT2D eigenvalue weighted by Crippen LogP contribution is -2.74. The normalized spacial score (nSPS) is 33.0. The summed E-state index contributed by atoms with van der Waals surface area (Å²) in [5.41, 5.74) is 3.65. The summed E-state index contributed by atoms with van der Waals surface area (Å²) in [7, 11) is 3.13. The topological polar surface area (TPSA) is 170 Å². The molecule has 2 unspecified atom stereocenters. The number of ketones is 4. The Morgan fingerprint density at radius 2 is 1.82 bits per heavy atom. The van der Waals surface area contributed by atoms with Crippen molar-refractivity contribution < 1.29 is 34.2 Å². The van der Waals surface area contributed by atoms with E-state index in [0.29, 0.717) is 11.3 Å². The lowest BCUT2D eigenvalue weighted by Gasteiger charge is -2.52. The number of likely N-dealkylation sites (tertiary alicyclic amines) is 1. The summed E-state index contributed by atoms with van der Waals surface area (Å²) in [6, 6.07) is 2.53. The lowest BCUT2D eigenvalue weighted by molar-refractivity contribution is -0.181. The van der Waals surface area contributed by atoms with Crippen LogP contribution in [0.3, 0.4) is 0 Å². The number of likely N-dealkylation sites (N-methyl/N-ethyl adjacent to an activating group) is 1. The van der Waals surface area contributed by atoms with Crippen molar-refractivity contribution in [1.82, 2.24) is 9.80 Å². The van der Waals surface area contributed by atoms with Gasteiger partial charge in [0.2, 0.25) is 5.91 Å². The number of nitrogens with two attached hydrogens (primary N) is 1. The smallest absolute Gasteiger partial charge is 0.235 e. The van der Waals surface area contributed by atoms with Gasteiger partial charge in [0, 0.05) is 25.0 Å². The number of carbonyl (C=O) groups is 5. The molecule has 216 valence electrons. The van der Waals surface area contributed by atoms with Crippen LogP contribution in [0.15, 0.2) is 12.1 Å². The average molecular weight is 555 g/mol. The van der Waals surface area contributed by atoms with Gasteiger partial charge >= 0.3 is 0 Å². The first kappa shape index (κ1) is 28.4. The number of anilines is 1. The number of amides is 1. The number of primary amides is 1. The minimum absolute atomic E-state index is 0.0139. The summed E-state index contributed by atoms with van der Waals surface area (Å²) in [4.78, 5) is 70.2. The predicted octanol–water partition coefficient (Wildman–Crippen LogP) is 0.153. The van der Waals surface area contributed by atoms with Crippen LogP contribution in [0.1, 0.15) is 48.5 Å². The van der Waals surface area contributed by atoms with E-state index in [0.717, 1.165) is 38.9 Å². The molecular formula is C29H38N4O7. The van der Waals surface area contributed by atoms with Gasteiger partial charge in [-0.2, -0.15) is 0 Å². The third kappa shape index (κ3) is 4.26. The van der Waals surface area contributed by atoms with E-state index in [1.54, 1.807) is 26.2 Å². The number of phenolic OH excluding ortho intramolecular Hbond substituents is 1. The Hall–Kier alpha value is -3.15. The van der Waals surface area contributed by atoms with Crippen LogP contribution >= 0.6 is 0 Å². The fourth-order valence-electron chi connectivity index (χ4n) is 7.53. The molecule has 1 heterocycles. The molecule has 1 aromatic rings. The molecule has 0 aromatic heterocycles. The number of rotatable bonds is 6. The van der Waals surface area contributed by atoms with Crippen LogP contribution in [0.5, 0.6) is 5.75 Å². The van der Waals surface area contributed by atoms with E-state index in [1.807, 2.05) is 0 Å². The Labute approximate surface area is 233 Å². The zero-order chi connectivity index (χ0) is 29.1. The van der Waals surface area contributed by atoms with Crippen LogP contribution in [0.2, 0.25) is 0 Å². The quantitative estimate of drug-likeness (QED) is 0.280. The number of aliphatic hydroxyl groups is 1. The van der Waals surface area contributed by atoms with Crippen molar-refractivity contribution in [3.63, 3.8) is 0 Å². The summed E-state index contributed by atoms with van der Waals surface area (Å²) in [6.45, 7) is 5.06. The average Bonchev–Trinajstić information content (AvgIpc) is 2.88. The number of benzene rings is 1. The van der Waals surface area contributed by atoms with E-state index in [4.69, 9.17) is 5.73 Å². The number of nitrogens with one attached hydrogen (secondary N) is 1. The number of aromatic hydroxyl groups is 1. The molecule has 0 spiro atoms. The molecule has 11 nitrogen and oxygen atoms in total. The maximum absolute atomic E-state index is 13.9. The molecule has 3 fully saturated rings. The highest BCUT2D eigenvalue weighted by Crippen LogP contribution is 2.51. The van der Waals surface area contributed by atoms with Crippen molar-refractivity contribution in [3.8, 4) is 5.75 Å². The van der Waals surface area contributed by atoms with Gasteiger partial charge in [0.05, 0.1) is 23.2 Å². The predicted molar refractivity (Wildman–Crippen MR) is 145 cm³/mol. The molecule has 3 aliphatic carbocycles.